The molecule has 4 nitrogen and oxygen atoms in total. The van der Waals surface area contributed by atoms with Crippen LogP contribution in [0.3, 0.4) is 0 Å². The van der Waals surface area contributed by atoms with E-state index < -0.39 is 0 Å². The van der Waals surface area contributed by atoms with E-state index in [1.54, 1.807) is 0 Å². The zero-order valence-corrected chi connectivity index (χ0v) is 13.9. The number of rotatable bonds is 1. The summed E-state index contributed by atoms with van der Waals surface area (Å²) in [6.07, 6.45) is 0. The summed E-state index contributed by atoms with van der Waals surface area (Å²) >= 11 is 1.84. The Balaban J connectivity index is 1.81. The number of para-hydroxylation sites is 2. The number of nitrogens with one attached hydrogen (secondary N) is 1. The number of hydrogen-bond donors (Lipinski definition) is 1. The maximum atomic E-state index is 3.67. The van der Waals surface area contributed by atoms with E-state index in [2.05, 4.69) is 69.9 Å². The van der Waals surface area contributed by atoms with Gasteiger partial charge >= 0.3 is 0 Å². The molecule has 0 bridgehead atoms. The smallest absolute Gasteiger partial charge is 0.116 e. The number of hydrazine groups is 1. The van der Waals surface area contributed by atoms with Crippen LogP contribution in [0.2, 0.25) is 0 Å². The first-order valence-electron chi connectivity index (χ1n) is 7.90. The van der Waals surface area contributed by atoms with Crippen molar-refractivity contribution in [1.82, 2.24) is 9.91 Å². The topological polar surface area (TPSA) is 21.8 Å². The molecule has 2 aliphatic rings. The molecule has 1 saturated heterocycles. The molecular weight excluding hydrogens is 292 g/mol. The molecule has 1 N–H and O–H groups in total. The van der Waals surface area contributed by atoms with Crippen LogP contribution in [-0.4, -0.2) is 43.1 Å². The van der Waals surface area contributed by atoms with Crippen LogP contribution in [0, 0.1) is 0 Å². The molecule has 0 spiro atoms. The van der Waals surface area contributed by atoms with Gasteiger partial charge in [0.05, 0.1) is 17.4 Å². The second-order valence-corrected chi connectivity index (χ2v) is 7.03. The minimum Gasteiger partial charge on any atom is -0.377 e. The summed E-state index contributed by atoms with van der Waals surface area (Å²) in [5.74, 6) is 0. The maximum absolute atomic E-state index is 3.67. The van der Waals surface area contributed by atoms with Crippen LogP contribution >= 0.6 is 11.3 Å². The van der Waals surface area contributed by atoms with Gasteiger partial charge in [-0.2, -0.15) is 0 Å². The van der Waals surface area contributed by atoms with Gasteiger partial charge in [0.2, 0.25) is 0 Å². The Morgan fingerprint density at radius 2 is 1.86 bits per heavy atom. The zero-order chi connectivity index (χ0) is 15.1. The quantitative estimate of drug-likeness (QED) is 0.869. The Kier molecular flexibility index (Phi) is 3.56. The van der Waals surface area contributed by atoms with E-state index in [0.717, 1.165) is 26.2 Å². The molecule has 0 saturated carbocycles. The molecule has 1 aromatic heterocycles. The Bertz CT molecular complexity index is 660. The van der Waals surface area contributed by atoms with Crippen molar-refractivity contribution in [1.29, 1.82) is 0 Å². The summed E-state index contributed by atoms with van der Waals surface area (Å²) in [5, 5.41) is 12.2. The van der Waals surface area contributed by atoms with E-state index in [1.165, 1.54) is 21.9 Å². The summed E-state index contributed by atoms with van der Waals surface area (Å²) in [6, 6.07) is 11.2. The highest BCUT2D eigenvalue weighted by atomic mass is 32.1. The molecule has 5 heteroatoms. The average molecular weight is 314 g/mol. The number of fused-ring (bicyclic) bond motifs is 2. The molecule has 116 valence electrons. The van der Waals surface area contributed by atoms with Crippen molar-refractivity contribution in [3.8, 4) is 0 Å². The molecule has 1 unspecified atom stereocenters. The standard InChI is InChI=1S/C17H22N4S/c1-13-14-7-12-22-17(14)21(20-10-8-19(2)9-11-20)16-6-4-3-5-15(16)18-13/h3-7,12-13,18H,8-11H2,1-2H3. The molecule has 0 aliphatic carbocycles. The third-order valence-electron chi connectivity index (χ3n) is 4.60. The highest BCUT2D eigenvalue weighted by Gasteiger charge is 2.30. The first-order valence-corrected chi connectivity index (χ1v) is 8.78. The fraction of sp³-hybridized carbons (Fsp3) is 0.412. The highest BCUT2D eigenvalue weighted by Crippen LogP contribution is 2.45. The third-order valence-corrected chi connectivity index (χ3v) is 5.50. The van der Waals surface area contributed by atoms with Crippen LogP contribution in [0.25, 0.3) is 0 Å². The molecule has 1 fully saturated rings. The minimum absolute atomic E-state index is 0.333. The lowest BCUT2D eigenvalue weighted by Crippen LogP contribution is -2.51. The van der Waals surface area contributed by atoms with Gasteiger partial charge in [-0.1, -0.05) is 12.1 Å². The zero-order valence-electron chi connectivity index (χ0n) is 13.1. The van der Waals surface area contributed by atoms with Crippen molar-refractivity contribution in [2.24, 2.45) is 0 Å². The molecule has 2 aliphatic heterocycles. The fourth-order valence-corrected chi connectivity index (χ4v) is 4.33. The average Bonchev–Trinajstić information content (AvgIpc) is 2.96. The first kappa shape index (κ1) is 14.1. The van der Waals surface area contributed by atoms with Crippen molar-refractivity contribution in [3.63, 3.8) is 0 Å². The van der Waals surface area contributed by atoms with Crippen LogP contribution in [0.1, 0.15) is 18.5 Å². The normalized spacial score (nSPS) is 22.6. The maximum Gasteiger partial charge on any atom is 0.116 e. The first-order chi connectivity index (χ1) is 10.7. The lowest BCUT2D eigenvalue weighted by molar-refractivity contribution is 0.155. The Morgan fingerprint density at radius 3 is 2.68 bits per heavy atom. The molecule has 3 heterocycles. The van der Waals surface area contributed by atoms with Crippen molar-refractivity contribution >= 4 is 27.7 Å². The largest absolute Gasteiger partial charge is 0.377 e. The van der Waals surface area contributed by atoms with Crippen molar-refractivity contribution < 1.29 is 0 Å². The van der Waals surface area contributed by atoms with Crippen LogP contribution in [-0.2, 0) is 0 Å². The van der Waals surface area contributed by atoms with E-state index in [0.29, 0.717) is 6.04 Å². The van der Waals surface area contributed by atoms with E-state index in [9.17, 15) is 0 Å². The van der Waals surface area contributed by atoms with Gasteiger partial charge in [0.1, 0.15) is 5.00 Å². The number of likely N-dealkylation sites (N-methyl/N-ethyl adjacent to an activating group) is 1. The Hall–Kier alpha value is -1.56. The van der Waals surface area contributed by atoms with Gasteiger partial charge in [0.25, 0.3) is 0 Å². The molecule has 2 aromatic rings. The SMILES string of the molecule is CC1Nc2ccccc2N(N2CCN(C)CC2)c2sccc21. The molecule has 1 aromatic carbocycles. The number of hydrogen-bond acceptors (Lipinski definition) is 5. The van der Waals surface area contributed by atoms with Gasteiger partial charge in [0, 0.05) is 31.7 Å². The summed E-state index contributed by atoms with van der Waals surface area (Å²) in [4.78, 5) is 2.40. The van der Waals surface area contributed by atoms with Crippen molar-refractivity contribution in [3.05, 3.63) is 41.3 Å². The van der Waals surface area contributed by atoms with Gasteiger partial charge in [-0.25, -0.2) is 5.01 Å². The summed E-state index contributed by atoms with van der Waals surface area (Å²) in [5.41, 5.74) is 3.87. The predicted molar refractivity (Wildman–Crippen MR) is 94.0 cm³/mol. The van der Waals surface area contributed by atoms with Crippen LogP contribution in [0.4, 0.5) is 16.4 Å². The molecular formula is C17H22N4S. The molecule has 0 radical (unpaired) electrons. The number of piperazine rings is 1. The fourth-order valence-electron chi connectivity index (χ4n) is 3.29. The minimum atomic E-state index is 0.333. The third kappa shape index (κ3) is 2.29. The van der Waals surface area contributed by atoms with Gasteiger partial charge in [0.15, 0.2) is 0 Å². The second kappa shape index (κ2) is 5.57. The molecule has 22 heavy (non-hydrogen) atoms. The van der Waals surface area contributed by atoms with Crippen LogP contribution in [0.5, 0.6) is 0 Å². The van der Waals surface area contributed by atoms with Crippen LogP contribution < -0.4 is 10.3 Å². The van der Waals surface area contributed by atoms with E-state index in [1.807, 2.05) is 11.3 Å². The van der Waals surface area contributed by atoms with E-state index in [4.69, 9.17) is 0 Å². The lowest BCUT2D eigenvalue weighted by atomic mass is 10.1. The number of thiophene rings is 1. The molecule has 1 atom stereocenters. The summed E-state index contributed by atoms with van der Waals surface area (Å²) < 4.78 is 0. The van der Waals surface area contributed by atoms with Gasteiger partial charge < -0.3 is 10.2 Å². The number of nitrogens with zero attached hydrogens (tertiary/aromatic N) is 3. The Labute approximate surface area is 135 Å². The number of benzene rings is 1. The van der Waals surface area contributed by atoms with Crippen molar-refractivity contribution in [2.75, 3.05) is 43.6 Å². The summed E-state index contributed by atoms with van der Waals surface area (Å²) in [6.45, 7) is 6.60. The predicted octanol–water partition coefficient (Wildman–Crippen LogP) is 3.54. The van der Waals surface area contributed by atoms with Crippen molar-refractivity contribution in [2.45, 2.75) is 13.0 Å². The molecule has 0 amide bonds. The lowest BCUT2D eigenvalue weighted by Gasteiger charge is -2.40. The monoisotopic (exact) mass is 314 g/mol. The van der Waals surface area contributed by atoms with Gasteiger partial charge in [-0.3, -0.25) is 5.01 Å². The Morgan fingerprint density at radius 1 is 1.09 bits per heavy atom. The second-order valence-electron chi connectivity index (χ2n) is 6.13. The van der Waals surface area contributed by atoms with Crippen LogP contribution in [0.15, 0.2) is 35.7 Å². The van der Waals surface area contributed by atoms with E-state index in [-0.39, 0.29) is 0 Å². The highest BCUT2D eigenvalue weighted by molar-refractivity contribution is 7.14. The van der Waals surface area contributed by atoms with E-state index >= 15 is 0 Å². The molecule has 4 rings (SSSR count). The summed E-state index contributed by atoms with van der Waals surface area (Å²) in [7, 11) is 2.20. The van der Waals surface area contributed by atoms with Gasteiger partial charge in [-0.15, -0.1) is 11.3 Å². The number of anilines is 3. The van der Waals surface area contributed by atoms with Gasteiger partial charge in [-0.05, 0) is 37.6 Å².